The number of fused-ring (bicyclic) bond motifs is 1. The van der Waals surface area contributed by atoms with Crippen molar-refractivity contribution in [3.63, 3.8) is 0 Å². The van der Waals surface area contributed by atoms with Crippen molar-refractivity contribution in [2.75, 3.05) is 18.9 Å². The molecule has 0 spiro atoms. The van der Waals surface area contributed by atoms with Gasteiger partial charge in [0.15, 0.2) is 11.2 Å². The predicted octanol–water partition coefficient (Wildman–Crippen LogP) is 1.17. The molecular formula is C13H13N5O4S. The van der Waals surface area contributed by atoms with E-state index in [-0.39, 0.29) is 22.7 Å². The van der Waals surface area contributed by atoms with E-state index >= 15 is 0 Å². The number of H-pyrrole nitrogens is 1. The lowest BCUT2D eigenvalue weighted by molar-refractivity contribution is 0.356. The van der Waals surface area contributed by atoms with Crippen LogP contribution in [0.2, 0.25) is 0 Å². The van der Waals surface area contributed by atoms with E-state index in [0.717, 1.165) is 0 Å². The van der Waals surface area contributed by atoms with Gasteiger partial charge in [0.1, 0.15) is 0 Å². The number of sulfonamides is 1. The van der Waals surface area contributed by atoms with Crippen LogP contribution < -0.4 is 14.2 Å². The number of aromatic nitrogens is 4. The minimum Gasteiger partial charge on any atom is -0.479 e. The Balaban J connectivity index is 2.01. The van der Waals surface area contributed by atoms with Crippen LogP contribution >= 0.6 is 0 Å². The molecule has 3 rings (SSSR count). The molecule has 2 aromatic heterocycles. The Kier molecular flexibility index (Phi) is 3.74. The van der Waals surface area contributed by atoms with Gasteiger partial charge in [-0.15, -0.1) is 0 Å². The van der Waals surface area contributed by atoms with Crippen LogP contribution in [0.15, 0.2) is 35.2 Å². The standard InChI is InChI=1S/C13H13N5O4S/c1-21-11-9-10(16-13(17-11)22-2)15-12(14-9)18-23(19,20)8-6-4-3-5-7-8/h3-7H,1-2H3,(H2,14,15,16,17,18). The first-order valence-electron chi connectivity index (χ1n) is 6.47. The van der Waals surface area contributed by atoms with Crippen LogP contribution in [-0.2, 0) is 10.0 Å². The number of rotatable bonds is 5. The van der Waals surface area contributed by atoms with E-state index in [2.05, 4.69) is 24.7 Å². The van der Waals surface area contributed by atoms with E-state index in [9.17, 15) is 8.42 Å². The molecule has 0 saturated heterocycles. The zero-order valence-electron chi connectivity index (χ0n) is 12.3. The van der Waals surface area contributed by atoms with Crippen molar-refractivity contribution in [3.8, 4) is 11.9 Å². The summed E-state index contributed by atoms with van der Waals surface area (Å²) in [7, 11) is -0.927. The Labute approximate surface area is 131 Å². The summed E-state index contributed by atoms with van der Waals surface area (Å²) in [6.45, 7) is 0. The van der Waals surface area contributed by atoms with E-state index in [4.69, 9.17) is 9.47 Å². The summed E-state index contributed by atoms with van der Waals surface area (Å²) in [5.41, 5.74) is 0.582. The maximum absolute atomic E-state index is 12.3. The van der Waals surface area contributed by atoms with Crippen molar-refractivity contribution in [3.05, 3.63) is 30.3 Å². The first-order chi connectivity index (χ1) is 11.0. The molecule has 10 heteroatoms. The van der Waals surface area contributed by atoms with Gasteiger partial charge < -0.3 is 14.5 Å². The summed E-state index contributed by atoms with van der Waals surface area (Å²) in [5, 5.41) is 0. The summed E-state index contributed by atoms with van der Waals surface area (Å²) >= 11 is 0. The average Bonchev–Trinajstić information content (AvgIpc) is 2.96. The molecule has 0 saturated carbocycles. The lowest BCUT2D eigenvalue weighted by Crippen LogP contribution is -2.13. The lowest BCUT2D eigenvalue weighted by atomic mass is 10.4. The Hall–Kier alpha value is -2.88. The number of nitrogens with zero attached hydrogens (tertiary/aromatic N) is 3. The molecule has 0 aliphatic carbocycles. The third kappa shape index (κ3) is 2.88. The molecule has 0 amide bonds. The van der Waals surface area contributed by atoms with E-state index < -0.39 is 10.0 Å². The number of methoxy groups -OCH3 is 2. The molecule has 0 unspecified atom stereocenters. The van der Waals surface area contributed by atoms with Gasteiger partial charge in [-0.2, -0.15) is 9.97 Å². The zero-order valence-corrected chi connectivity index (χ0v) is 13.1. The molecule has 2 heterocycles. The first-order valence-corrected chi connectivity index (χ1v) is 7.95. The summed E-state index contributed by atoms with van der Waals surface area (Å²) < 4.78 is 37.0. The minimum atomic E-state index is -3.76. The van der Waals surface area contributed by atoms with Gasteiger partial charge in [-0.25, -0.2) is 18.1 Å². The van der Waals surface area contributed by atoms with Gasteiger partial charge in [0.2, 0.25) is 11.8 Å². The number of hydrogen-bond acceptors (Lipinski definition) is 7. The maximum Gasteiger partial charge on any atom is 0.321 e. The molecule has 23 heavy (non-hydrogen) atoms. The second-order valence-corrected chi connectivity index (χ2v) is 6.10. The molecule has 1 aromatic carbocycles. The Morgan fingerprint density at radius 3 is 2.43 bits per heavy atom. The summed E-state index contributed by atoms with van der Waals surface area (Å²) in [6.07, 6.45) is 0. The highest BCUT2D eigenvalue weighted by Crippen LogP contribution is 2.25. The highest BCUT2D eigenvalue weighted by Gasteiger charge is 2.19. The third-order valence-electron chi connectivity index (χ3n) is 2.95. The number of ether oxygens (including phenoxy) is 2. The van der Waals surface area contributed by atoms with Crippen LogP contribution in [0.1, 0.15) is 0 Å². The van der Waals surface area contributed by atoms with Gasteiger partial charge in [0.25, 0.3) is 10.0 Å². The van der Waals surface area contributed by atoms with Crippen LogP contribution in [0.4, 0.5) is 5.95 Å². The van der Waals surface area contributed by atoms with Crippen LogP contribution in [0.3, 0.4) is 0 Å². The Bertz CT molecular complexity index is 940. The van der Waals surface area contributed by atoms with Crippen LogP contribution in [0.5, 0.6) is 11.9 Å². The van der Waals surface area contributed by atoms with Gasteiger partial charge in [0, 0.05) is 0 Å². The maximum atomic E-state index is 12.3. The Morgan fingerprint density at radius 2 is 1.78 bits per heavy atom. The van der Waals surface area contributed by atoms with Crippen molar-refractivity contribution in [2.24, 2.45) is 0 Å². The molecule has 120 valence electrons. The number of aromatic amines is 1. The SMILES string of the molecule is COc1nc(OC)c2nc(NS(=O)(=O)c3ccccc3)[nH]c2n1. The van der Waals surface area contributed by atoms with Crippen LogP contribution in [-0.4, -0.2) is 42.6 Å². The molecule has 0 bridgehead atoms. The predicted molar refractivity (Wildman–Crippen MR) is 82.0 cm³/mol. The van der Waals surface area contributed by atoms with Crippen molar-refractivity contribution in [2.45, 2.75) is 4.90 Å². The second kappa shape index (κ2) is 5.72. The molecule has 0 atom stereocenters. The molecule has 0 radical (unpaired) electrons. The fourth-order valence-electron chi connectivity index (χ4n) is 1.92. The number of imidazole rings is 1. The lowest BCUT2D eigenvalue weighted by Gasteiger charge is -2.04. The molecule has 3 aromatic rings. The molecule has 9 nitrogen and oxygen atoms in total. The topological polar surface area (TPSA) is 119 Å². The normalized spacial score (nSPS) is 11.4. The number of benzene rings is 1. The number of hydrogen-bond donors (Lipinski definition) is 2. The van der Waals surface area contributed by atoms with Gasteiger partial charge >= 0.3 is 6.01 Å². The summed E-state index contributed by atoms with van der Waals surface area (Å²) in [6, 6.07) is 8.03. The summed E-state index contributed by atoms with van der Waals surface area (Å²) in [4.78, 5) is 15.0. The smallest absolute Gasteiger partial charge is 0.321 e. The Morgan fingerprint density at radius 1 is 1.04 bits per heavy atom. The molecule has 2 N–H and O–H groups in total. The van der Waals surface area contributed by atoms with Crippen molar-refractivity contribution in [1.82, 2.24) is 19.9 Å². The highest BCUT2D eigenvalue weighted by molar-refractivity contribution is 7.92. The van der Waals surface area contributed by atoms with Crippen LogP contribution in [0.25, 0.3) is 11.2 Å². The van der Waals surface area contributed by atoms with Gasteiger partial charge in [0.05, 0.1) is 19.1 Å². The van der Waals surface area contributed by atoms with E-state index in [0.29, 0.717) is 11.2 Å². The van der Waals surface area contributed by atoms with E-state index in [1.165, 1.54) is 26.4 Å². The monoisotopic (exact) mass is 335 g/mol. The third-order valence-corrected chi connectivity index (χ3v) is 4.31. The van der Waals surface area contributed by atoms with Gasteiger partial charge in [-0.3, -0.25) is 0 Å². The zero-order chi connectivity index (χ0) is 16.4. The average molecular weight is 335 g/mol. The minimum absolute atomic E-state index is 0.00436. The van der Waals surface area contributed by atoms with Crippen LogP contribution in [0, 0.1) is 0 Å². The van der Waals surface area contributed by atoms with Crippen molar-refractivity contribution in [1.29, 1.82) is 0 Å². The fraction of sp³-hybridized carbons (Fsp3) is 0.154. The fourth-order valence-corrected chi connectivity index (χ4v) is 2.91. The molecule has 0 fully saturated rings. The highest BCUT2D eigenvalue weighted by atomic mass is 32.2. The van der Waals surface area contributed by atoms with Gasteiger partial charge in [-0.1, -0.05) is 18.2 Å². The molecular weight excluding hydrogens is 322 g/mol. The molecule has 0 aliphatic heterocycles. The second-order valence-electron chi connectivity index (χ2n) is 4.42. The van der Waals surface area contributed by atoms with Crippen molar-refractivity contribution < 1.29 is 17.9 Å². The van der Waals surface area contributed by atoms with E-state index in [1.54, 1.807) is 18.2 Å². The van der Waals surface area contributed by atoms with Gasteiger partial charge in [-0.05, 0) is 12.1 Å². The van der Waals surface area contributed by atoms with E-state index in [1.807, 2.05) is 0 Å². The number of anilines is 1. The van der Waals surface area contributed by atoms with Crippen molar-refractivity contribution >= 4 is 27.1 Å². The summed E-state index contributed by atoms with van der Waals surface area (Å²) in [5.74, 6) is 0.179. The quantitative estimate of drug-likeness (QED) is 0.718. The first kappa shape index (κ1) is 15.0. The number of nitrogens with one attached hydrogen (secondary N) is 2. The largest absolute Gasteiger partial charge is 0.479 e. The molecule has 0 aliphatic rings.